The van der Waals surface area contributed by atoms with E-state index in [0.29, 0.717) is 17.4 Å². The van der Waals surface area contributed by atoms with Crippen molar-refractivity contribution in [1.82, 2.24) is 0 Å². The van der Waals surface area contributed by atoms with Crippen molar-refractivity contribution in [3.63, 3.8) is 0 Å². The van der Waals surface area contributed by atoms with E-state index in [0.717, 1.165) is 44.0 Å². The lowest BCUT2D eigenvalue weighted by Gasteiger charge is -2.44. The van der Waals surface area contributed by atoms with Crippen molar-refractivity contribution in [2.45, 2.75) is 78.4 Å². The van der Waals surface area contributed by atoms with E-state index in [1.807, 2.05) is 0 Å². The van der Waals surface area contributed by atoms with Crippen LogP contribution in [0.25, 0.3) is 0 Å². The number of hydrogen-bond acceptors (Lipinski definition) is 3. The zero-order valence-electron chi connectivity index (χ0n) is 18.0. The molecule has 28 heavy (non-hydrogen) atoms. The maximum Gasteiger partial charge on any atom is 0.163 e. The van der Waals surface area contributed by atoms with Gasteiger partial charge in [-0.05, 0) is 87.7 Å². The molecule has 1 saturated carbocycles. The minimum Gasteiger partial charge on any atom is -0.367 e. The molecule has 4 rings (SSSR count). The lowest BCUT2D eigenvalue weighted by molar-refractivity contribution is -0.119. The Labute approximate surface area is 169 Å². The minimum atomic E-state index is -0.257. The maximum absolute atomic E-state index is 12.6. The van der Waals surface area contributed by atoms with E-state index in [9.17, 15) is 9.59 Å². The first-order chi connectivity index (χ1) is 13.2. The van der Waals surface area contributed by atoms with Gasteiger partial charge in [-0.25, -0.2) is 0 Å². The fourth-order valence-electron chi connectivity index (χ4n) is 6.91. The zero-order chi connectivity index (χ0) is 20.3. The number of ether oxygens (including phenoxy) is 1. The zero-order valence-corrected chi connectivity index (χ0v) is 18.0. The number of rotatable bonds is 2. The Morgan fingerprint density at radius 1 is 1.29 bits per heavy atom. The fraction of sp³-hybridized carbons (Fsp3) is 0.680. The number of carbonyl (C=O) groups is 2. The molecule has 4 aliphatic rings. The van der Waals surface area contributed by atoms with Crippen molar-refractivity contribution in [2.24, 2.45) is 29.1 Å². The Morgan fingerprint density at radius 2 is 2.04 bits per heavy atom. The second kappa shape index (κ2) is 6.79. The number of ketones is 1. The topological polar surface area (TPSA) is 43.4 Å². The van der Waals surface area contributed by atoms with Gasteiger partial charge in [0.1, 0.15) is 6.29 Å². The summed E-state index contributed by atoms with van der Waals surface area (Å²) in [7, 11) is 0. The first-order valence-corrected chi connectivity index (χ1v) is 10.9. The summed E-state index contributed by atoms with van der Waals surface area (Å²) in [6.45, 7) is 11.1. The molecule has 0 unspecified atom stereocenters. The summed E-state index contributed by atoms with van der Waals surface area (Å²) in [6.07, 6.45) is 12.4. The first kappa shape index (κ1) is 19.8. The number of hydrogen-bond donors (Lipinski definition) is 0. The summed E-state index contributed by atoms with van der Waals surface area (Å²) in [5.74, 6) is 0.920. The van der Waals surface area contributed by atoms with E-state index in [1.165, 1.54) is 5.57 Å². The first-order valence-electron chi connectivity index (χ1n) is 10.9. The van der Waals surface area contributed by atoms with Gasteiger partial charge in [-0.1, -0.05) is 37.1 Å². The predicted octanol–water partition coefficient (Wildman–Crippen LogP) is 5.21. The fourth-order valence-corrected chi connectivity index (χ4v) is 6.91. The number of aldehydes is 1. The molecule has 0 N–H and O–H groups in total. The predicted molar refractivity (Wildman–Crippen MR) is 111 cm³/mol. The Morgan fingerprint density at radius 3 is 2.71 bits per heavy atom. The van der Waals surface area contributed by atoms with Crippen LogP contribution in [0, 0.1) is 29.1 Å². The van der Waals surface area contributed by atoms with Crippen LogP contribution in [-0.2, 0) is 14.3 Å². The molecule has 2 fully saturated rings. The van der Waals surface area contributed by atoms with Gasteiger partial charge in [-0.15, -0.1) is 0 Å². The van der Waals surface area contributed by atoms with Crippen LogP contribution >= 0.6 is 0 Å². The average Bonchev–Trinajstić information content (AvgIpc) is 3.14. The van der Waals surface area contributed by atoms with E-state index in [1.54, 1.807) is 6.08 Å². The van der Waals surface area contributed by atoms with Crippen molar-refractivity contribution in [1.29, 1.82) is 0 Å². The third kappa shape index (κ3) is 2.89. The Bertz CT molecular complexity index is 784. The molecule has 1 aliphatic heterocycles. The highest BCUT2D eigenvalue weighted by atomic mass is 16.5. The highest BCUT2D eigenvalue weighted by Crippen LogP contribution is 2.63. The van der Waals surface area contributed by atoms with E-state index < -0.39 is 0 Å². The maximum atomic E-state index is 12.6. The summed E-state index contributed by atoms with van der Waals surface area (Å²) in [4.78, 5) is 24.4. The average molecular weight is 383 g/mol. The molecule has 0 amide bonds. The van der Waals surface area contributed by atoms with Gasteiger partial charge < -0.3 is 4.74 Å². The summed E-state index contributed by atoms with van der Waals surface area (Å²) < 4.78 is 6.82. The lowest BCUT2D eigenvalue weighted by atomic mass is 9.62. The van der Waals surface area contributed by atoms with Crippen molar-refractivity contribution >= 4 is 12.1 Å². The number of carbonyl (C=O) groups excluding carboxylic acids is 2. The minimum absolute atomic E-state index is 0.108. The Hall–Kier alpha value is -1.48. The SMILES string of the molecule is CC(C)=C[C@H]1C[C@H](C)[C@]2(CC[C@]3(C)C[C@@H]4C(C)=CC(=O)[C@H]4C(C=O)=CC[C@H]32)O1. The van der Waals surface area contributed by atoms with Crippen LogP contribution in [0.5, 0.6) is 0 Å². The number of fused-ring (bicyclic) bond motifs is 3. The van der Waals surface area contributed by atoms with Crippen LogP contribution in [0.1, 0.15) is 66.7 Å². The summed E-state index contributed by atoms with van der Waals surface area (Å²) in [5.41, 5.74) is 3.18. The second-order valence-corrected chi connectivity index (χ2v) is 10.3. The van der Waals surface area contributed by atoms with Gasteiger partial charge in [-0.2, -0.15) is 0 Å². The molecule has 0 radical (unpaired) electrons. The van der Waals surface area contributed by atoms with Gasteiger partial charge in [0.25, 0.3) is 0 Å². The van der Waals surface area contributed by atoms with Crippen molar-refractivity contribution in [2.75, 3.05) is 0 Å². The Kier molecular flexibility index (Phi) is 4.81. The molecule has 1 spiro atoms. The van der Waals surface area contributed by atoms with Gasteiger partial charge in [0.05, 0.1) is 17.6 Å². The van der Waals surface area contributed by atoms with Gasteiger partial charge in [-0.3, -0.25) is 9.59 Å². The van der Waals surface area contributed by atoms with Crippen molar-refractivity contribution in [3.8, 4) is 0 Å². The third-order valence-electron chi connectivity index (χ3n) is 8.26. The van der Waals surface area contributed by atoms with Crippen LogP contribution < -0.4 is 0 Å². The molecule has 1 heterocycles. The smallest absolute Gasteiger partial charge is 0.163 e. The van der Waals surface area contributed by atoms with E-state index >= 15 is 0 Å². The Balaban J connectivity index is 1.73. The van der Waals surface area contributed by atoms with Crippen LogP contribution in [0.4, 0.5) is 0 Å². The molecule has 0 aromatic heterocycles. The van der Waals surface area contributed by atoms with Crippen LogP contribution in [-0.4, -0.2) is 23.8 Å². The van der Waals surface area contributed by atoms with Crippen LogP contribution in [0.2, 0.25) is 0 Å². The molecule has 0 aromatic carbocycles. The molecule has 3 nitrogen and oxygen atoms in total. The molecule has 3 heteroatoms. The summed E-state index contributed by atoms with van der Waals surface area (Å²) >= 11 is 0. The van der Waals surface area contributed by atoms with Crippen LogP contribution in [0.3, 0.4) is 0 Å². The molecule has 0 aromatic rings. The summed E-state index contributed by atoms with van der Waals surface area (Å²) in [6, 6.07) is 0. The molecule has 3 aliphatic carbocycles. The monoisotopic (exact) mass is 382 g/mol. The highest BCUT2D eigenvalue weighted by molar-refractivity contribution is 6.01. The van der Waals surface area contributed by atoms with Crippen molar-refractivity contribution < 1.29 is 14.3 Å². The highest BCUT2D eigenvalue weighted by Gasteiger charge is 2.61. The molecule has 7 atom stereocenters. The van der Waals surface area contributed by atoms with Gasteiger partial charge in [0, 0.05) is 0 Å². The number of allylic oxidation sites excluding steroid dienone is 5. The van der Waals surface area contributed by atoms with Gasteiger partial charge >= 0.3 is 0 Å². The normalized spacial score (nSPS) is 45.0. The molecular weight excluding hydrogens is 348 g/mol. The van der Waals surface area contributed by atoms with Crippen LogP contribution in [0.15, 0.2) is 34.9 Å². The molecular formula is C25H34O3. The standard InChI is InChI=1S/C25H34O3/c1-15(2)10-19-12-17(4)25(28-19)9-8-24(5)13-20-16(3)11-21(27)23(20)18(14-26)6-7-22(24)25/h6,10-11,14,17,19-20,22-23H,7-9,12-13H2,1-5H3/t17-,19-,20+,22+,23-,24+,25-/m0/s1. The largest absolute Gasteiger partial charge is 0.367 e. The van der Waals surface area contributed by atoms with Gasteiger partial charge in [0.2, 0.25) is 0 Å². The lowest BCUT2D eigenvalue weighted by Crippen LogP contribution is -2.44. The third-order valence-corrected chi connectivity index (χ3v) is 8.26. The van der Waals surface area contributed by atoms with E-state index in [4.69, 9.17) is 4.74 Å². The molecule has 152 valence electrons. The summed E-state index contributed by atoms with van der Waals surface area (Å²) in [5, 5.41) is 0. The van der Waals surface area contributed by atoms with E-state index in [-0.39, 0.29) is 34.7 Å². The molecule has 1 saturated heterocycles. The molecule has 0 bridgehead atoms. The second-order valence-electron chi connectivity index (χ2n) is 10.3. The van der Waals surface area contributed by atoms with Gasteiger partial charge in [0.15, 0.2) is 5.78 Å². The van der Waals surface area contributed by atoms with Crippen molar-refractivity contribution in [3.05, 3.63) is 34.9 Å². The van der Waals surface area contributed by atoms with E-state index in [2.05, 4.69) is 46.8 Å². The quantitative estimate of drug-likeness (QED) is 0.486.